The van der Waals surface area contributed by atoms with Gasteiger partial charge in [-0.3, -0.25) is 9.58 Å². The normalized spacial score (nSPS) is 30.6. The molecule has 2 saturated heterocycles. The molecule has 20 heavy (non-hydrogen) atoms. The summed E-state index contributed by atoms with van der Waals surface area (Å²) in [5.74, 6) is 0. The Morgan fingerprint density at radius 1 is 1.30 bits per heavy atom. The van der Waals surface area contributed by atoms with Crippen molar-refractivity contribution in [2.24, 2.45) is 7.05 Å². The number of nitrogens with zero attached hydrogens (tertiary/aromatic N) is 3. The van der Waals surface area contributed by atoms with Crippen molar-refractivity contribution in [2.45, 2.75) is 63.6 Å². The summed E-state index contributed by atoms with van der Waals surface area (Å²) in [6, 6.07) is 4.52. The van der Waals surface area contributed by atoms with Crippen molar-refractivity contribution in [2.75, 3.05) is 13.1 Å². The van der Waals surface area contributed by atoms with Gasteiger partial charge in [0, 0.05) is 50.0 Å². The first-order valence-electron chi connectivity index (χ1n) is 8.24. The first-order valence-corrected chi connectivity index (χ1v) is 8.24. The van der Waals surface area contributed by atoms with E-state index in [0.29, 0.717) is 0 Å². The van der Waals surface area contributed by atoms with Gasteiger partial charge < -0.3 is 5.32 Å². The van der Waals surface area contributed by atoms with Gasteiger partial charge in [0.05, 0.1) is 0 Å². The Kier molecular flexibility index (Phi) is 4.41. The molecule has 2 aliphatic heterocycles. The Morgan fingerprint density at radius 2 is 2.05 bits per heavy atom. The molecule has 0 saturated carbocycles. The van der Waals surface area contributed by atoms with Crippen LogP contribution in [0.4, 0.5) is 0 Å². The molecule has 2 aliphatic rings. The minimum atomic E-state index is 0.753. The molecule has 3 heterocycles. The van der Waals surface area contributed by atoms with E-state index in [4.69, 9.17) is 0 Å². The fourth-order valence-electron chi connectivity index (χ4n) is 4.19. The molecule has 3 rings (SSSR count). The van der Waals surface area contributed by atoms with Crippen LogP contribution in [0.1, 0.15) is 44.7 Å². The van der Waals surface area contributed by atoms with Crippen LogP contribution in [0.25, 0.3) is 0 Å². The quantitative estimate of drug-likeness (QED) is 0.892. The van der Waals surface area contributed by atoms with Crippen molar-refractivity contribution in [1.82, 2.24) is 20.0 Å². The molecule has 2 atom stereocenters. The fourth-order valence-corrected chi connectivity index (χ4v) is 4.19. The lowest BCUT2D eigenvalue weighted by Crippen LogP contribution is -2.56. The number of fused-ring (bicyclic) bond motifs is 2. The zero-order chi connectivity index (χ0) is 13.9. The van der Waals surface area contributed by atoms with Gasteiger partial charge in [0.25, 0.3) is 0 Å². The van der Waals surface area contributed by atoms with Crippen molar-refractivity contribution in [1.29, 1.82) is 0 Å². The molecular weight excluding hydrogens is 248 g/mol. The summed E-state index contributed by atoms with van der Waals surface area (Å²) in [6.07, 6.45) is 9.94. The minimum absolute atomic E-state index is 0.753. The van der Waals surface area contributed by atoms with E-state index >= 15 is 0 Å². The number of aryl methyl sites for hydroxylation is 1. The van der Waals surface area contributed by atoms with E-state index in [9.17, 15) is 0 Å². The highest BCUT2D eigenvalue weighted by Crippen LogP contribution is 2.34. The number of hydrogen-bond donors (Lipinski definition) is 1. The van der Waals surface area contributed by atoms with E-state index in [-0.39, 0.29) is 0 Å². The molecule has 4 nitrogen and oxygen atoms in total. The van der Waals surface area contributed by atoms with Crippen LogP contribution >= 0.6 is 0 Å². The first-order chi connectivity index (χ1) is 9.78. The lowest BCUT2D eigenvalue weighted by Gasteiger charge is -2.49. The third-order valence-electron chi connectivity index (χ3n) is 5.17. The zero-order valence-corrected chi connectivity index (χ0v) is 12.9. The van der Waals surface area contributed by atoms with Gasteiger partial charge in [-0.05, 0) is 38.3 Å². The maximum absolute atomic E-state index is 4.28. The minimum Gasteiger partial charge on any atom is -0.314 e. The van der Waals surface area contributed by atoms with E-state index in [2.05, 4.69) is 28.3 Å². The average molecular weight is 276 g/mol. The van der Waals surface area contributed by atoms with E-state index in [1.54, 1.807) is 0 Å². The third kappa shape index (κ3) is 2.91. The highest BCUT2D eigenvalue weighted by atomic mass is 15.3. The molecule has 112 valence electrons. The maximum Gasteiger partial charge on any atom is 0.0492 e. The second kappa shape index (κ2) is 6.27. The second-order valence-corrected chi connectivity index (χ2v) is 6.40. The van der Waals surface area contributed by atoms with Crippen molar-refractivity contribution in [3.05, 3.63) is 18.0 Å². The Bertz CT molecular complexity index is 414. The van der Waals surface area contributed by atoms with Gasteiger partial charge in [0.1, 0.15) is 0 Å². The molecule has 0 spiro atoms. The van der Waals surface area contributed by atoms with Crippen molar-refractivity contribution < 1.29 is 0 Å². The second-order valence-electron chi connectivity index (χ2n) is 6.40. The van der Waals surface area contributed by atoms with Gasteiger partial charge in [-0.1, -0.05) is 13.3 Å². The summed E-state index contributed by atoms with van der Waals surface area (Å²) >= 11 is 0. The summed E-state index contributed by atoms with van der Waals surface area (Å²) in [6.45, 7) is 4.54. The van der Waals surface area contributed by atoms with E-state index in [1.807, 2.05) is 17.9 Å². The average Bonchev–Trinajstić information content (AvgIpc) is 2.82. The fraction of sp³-hybridized carbons (Fsp3) is 0.812. The number of rotatable bonds is 5. The summed E-state index contributed by atoms with van der Waals surface area (Å²) in [7, 11) is 2.05. The number of aromatic nitrogens is 2. The summed E-state index contributed by atoms with van der Waals surface area (Å²) in [4.78, 5) is 2.80. The molecule has 1 aromatic rings. The van der Waals surface area contributed by atoms with Crippen LogP contribution in [0.3, 0.4) is 0 Å². The molecule has 0 radical (unpaired) electrons. The van der Waals surface area contributed by atoms with Gasteiger partial charge in [-0.25, -0.2) is 0 Å². The van der Waals surface area contributed by atoms with Gasteiger partial charge in [0.15, 0.2) is 0 Å². The van der Waals surface area contributed by atoms with E-state index in [1.165, 1.54) is 44.3 Å². The molecule has 0 aliphatic carbocycles. The molecule has 1 aromatic heterocycles. The molecular formula is C16H28N4. The lowest BCUT2D eigenvalue weighted by atomic mass is 9.81. The first kappa shape index (κ1) is 14.1. The number of piperidine rings is 2. The number of nitrogens with one attached hydrogen (secondary N) is 1. The summed E-state index contributed by atoms with van der Waals surface area (Å²) < 4.78 is 2.02. The standard InChI is InChI=1S/C16H28N4/c1-3-17-13-11-15-5-4-6-16(12-13)20(15)10-8-14-7-9-18-19(14)2/h7,9,13,15-17H,3-6,8,10-12H2,1-2H3. The topological polar surface area (TPSA) is 33.1 Å². The van der Waals surface area contributed by atoms with Gasteiger partial charge in [0.2, 0.25) is 0 Å². The Hall–Kier alpha value is -0.870. The third-order valence-corrected chi connectivity index (χ3v) is 5.17. The van der Waals surface area contributed by atoms with Gasteiger partial charge in [-0.2, -0.15) is 5.10 Å². The highest BCUT2D eigenvalue weighted by Gasteiger charge is 2.37. The number of hydrogen-bond acceptors (Lipinski definition) is 3. The monoisotopic (exact) mass is 276 g/mol. The smallest absolute Gasteiger partial charge is 0.0492 e. The molecule has 2 bridgehead atoms. The highest BCUT2D eigenvalue weighted by molar-refractivity contribution is 5.02. The van der Waals surface area contributed by atoms with Crippen LogP contribution < -0.4 is 5.32 Å². The van der Waals surface area contributed by atoms with Crippen LogP contribution in [0.15, 0.2) is 12.3 Å². The van der Waals surface area contributed by atoms with Gasteiger partial charge >= 0.3 is 0 Å². The Labute approximate surface area is 122 Å². The van der Waals surface area contributed by atoms with Crippen molar-refractivity contribution in [3.63, 3.8) is 0 Å². The van der Waals surface area contributed by atoms with Crippen LogP contribution in [-0.2, 0) is 13.5 Å². The van der Waals surface area contributed by atoms with Crippen LogP contribution in [0.5, 0.6) is 0 Å². The Balaban J connectivity index is 1.60. The molecule has 0 aromatic carbocycles. The van der Waals surface area contributed by atoms with Crippen LogP contribution in [0, 0.1) is 0 Å². The van der Waals surface area contributed by atoms with Crippen LogP contribution in [0.2, 0.25) is 0 Å². The summed E-state index contributed by atoms with van der Waals surface area (Å²) in [5, 5.41) is 7.95. The zero-order valence-electron chi connectivity index (χ0n) is 12.9. The molecule has 2 unspecified atom stereocenters. The molecule has 2 fully saturated rings. The largest absolute Gasteiger partial charge is 0.314 e. The Morgan fingerprint density at radius 3 is 2.65 bits per heavy atom. The van der Waals surface area contributed by atoms with E-state index < -0.39 is 0 Å². The van der Waals surface area contributed by atoms with Crippen LogP contribution in [-0.4, -0.2) is 45.9 Å². The van der Waals surface area contributed by atoms with Crippen molar-refractivity contribution in [3.8, 4) is 0 Å². The maximum atomic E-state index is 4.28. The lowest BCUT2D eigenvalue weighted by molar-refractivity contribution is 0.0256. The summed E-state index contributed by atoms with van der Waals surface area (Å²) in [5.41, 5.74) is 1.36. The SMILES string of the molecule is CCNC1CC2CCCC(C1)N2CCc1ccnn1C. The molecule has 1 N–H and O–H groups in total. The van der Waals surface area contributed by atoms with Crippen molar-refractivity contribution >= 4 is 0 Å². The molecule has 4 heteroatoms. The van der Waals surface area contributed by atoms with E-state index in [0.717, 1.165) is 31.1 Å². The predicted octanol–water partition coefficient (Wildman–Crippen LogP) is 1.96. The molecule has 0 amide bonds. The van der Waals surface area contributed by atoms with Gasteiger partial charge in [-0.15, -0.1) is 0 Å². The predicted molar refractivity (Wildman–Crippen MR) is 81.7 cm³/mol.